The van der Waals surface area contributed by atoms with Crippen molar-refractivity contribution in [2.45, 2.75) is 26.6 Å². The van der Waals surface area contributed by atoms with Gasteiger partial charge in [-0.05, 0) is 25.1 Å². The van der Waals surface area contributed by atoms with Gasteiger partial charge in [0.2, 0.25) is 0 Å². The minimum Gasteiger partial charge on any atom is -0.441 e. The first-order valence-electron chi connectivity index (χ1n) is 7.44. The lowest BCUT2D eigenvalue weighted by atomic mass is 10.2. The van der Waals surface area contributed by atoms with E-state index in [0.29, 0.717) is 11.6 Å². The van der Waals surface area contributed by atoms with E-state index in [4.69, 9.17) is 13.9 Å². The number of ether oxygens (including phenoxy) is 2. The molecule has 1 aromatic carbocycles. The number of anilines is 2. The highest BCUT2D eigenvalue weighted by Gasteiger charge is 2.39. The van der Waals surface area contributed by atoms with E-state index in [9.17, 15) is 9.59 Å². The maximum Gasteiger partial charge on any atom is 0.348 e. The monoisotopic (exact) mass is 327 g/mol. The maximum absolute atomic E-state index is 11.9. The smallest absolute Gasteiger partial charge is 0.348 e. The van der Waals surface area contributed by atoms with Gasteiger partial charge in [0, 0.05) is 31.7 Å². The molecule has 0 saturated carbocycles. The summed E-state index contributed by atoms with van der Waals surface area (Å²) in [5.74, 6) is -1.90. The molecular weight excluding hydrogens is 310 g/mol. The summed E-state index contributed by atoms with van der Waals surface area (Å²) in [5, 5.41) is 3.10. The zero-order valence-electron chi connectivity index (χ0n) is 13.6. The van der Waals surface area contributed by atoms with Gasteiger partial charge in [-0.3, -0.25) is 0 Å². The molecule has 0 amide bonds. The zero-order chi connectivity index (χ0) is 17.3. The van der Waals surface area contributed by atoms with E-state index in [1.54, 1.807) is 12.1 Å². The highest BCUT2D eigenvalue weighted by Crippen LogP contribution is 2.26. The van der Waals surface area contributed by atoms with Gasteiger partial charge in [0.15, 0.2) is 5.88 Å². The third kappa shape index (κ3) is 3.48. The van der Waals surface area contributed by atoms with Crippen LogP contribution in [0.5, 0.6) is 0 Å². The Morgan fingerprint density at radius 1 is 0.958 bits per heavy atom. The Hall–Kier alpha value is -3.02. The topological polar surface area (TPSA) is 77.8 Å². The van der Waals surface area contributed by atoms with E-state index in [2.05, 4.69) is 5.32 Å². The van der Waals surface area contributed by atoms with Crippen molar-refractivity contribution in [3.63, 3.8) is 0 Å². The molecular formula is C18H17NO5. The number of aryl methyl sites for hydroxylation is 1. The van der Waals surface area contributed by atoms with Gasteiger partial charge >= 0.3 is 11.9 Å². The van der Waals surface area contributed by atoms with Crippen LogP contribution in [0, 0.1) is 6.92 Å². The van der Waals surface area contributed by atoms with E-state index in [-0.39, 0.29) is 5.57 Å². The molecule has 1 aromatic heterocycles. The fourth-order valence-electron chi connectivity index (χ4n) is 2.20. The third-order valence-electron chi connectivity index (χ3n) is 3.35. The molecule has 0 spiro atoms. The summed E-state index contributed by atoms with van der Waals surface area (Å²) in [4.78, 5) is 23.8. The summed E-state index contributed by atoms with van der Waals surface area (Å²) < 4.78 is 15.6. The SMILES string of the molecule is Cc1ccc(Nc2ccc(C=C3C(=O)OC(C)(C)OC3=O)o2)cc1. The van der Waals surface area contributed by atoms with Crippen molar-refractivity contribution in [1.29, 1.82) is 0 Å². The van der Waals surface area contributed by atoms with Crippen LogP contribution in [0.2, 0.25) is 0 Å². The van der Waals surface area contributed by atoms with Crippen molar-refractivity contribution in [3.05, 3.63) is 53.3 Å². The number of hydrogen-bond acceptors (Lipinski definition) is 6. The quantitative estimate of drug-likeness (QED) is 0.528. The summed E-state index contributed by atoms with van der Waals surface area (Å²) in [6.45, 7) is 5.00. The fourth-order valence-corrected chi connectivity index (χ4v) is 2.20. The molecule has 6 heteroatoms. The third-order valence-corrected chi connectivity index (χ3v) is 3.35. The molecule has 2 heterocycles. The number of esters is 2. The Labute approximate surface area is 139 Å². The predicted molar refractivity (Wildman–Crippen MR) is 87.4 cm³/mol. The summed E-state index contributed by atoms with van der Waals surface area (Å²) in [5.41, 5.74) is 1.82. The second-order valence-corrected chi connectivity index (χ2v) is 5.93. The molecule has 124 valence electrons. The van der Waals surface area contributed by atoms with Crippen molar-refractivity contribution in [3.8, 4) is 0 Å². The van der Waals surface area contributed by atoms with Crippen LogP contribution in [0.25, 0.3) is 6.08 Å². The van der Waals surface area contributed by atoms with Crippen LogP contribution in [0.1, 0.15) is 25.2 Å². The highest BCUT2D eigenvalue weighted by molar-refractivity contribution is 6.18. The zero-order valence-corrected chi connectivity index (χ0v) is 13.6. The molecule has 1 aliphatic rings. The van der Waals surface area contributed by atoms with Gasteiger partial charge in [-0.25, -0.2) is 9.59 Å². The Morgan fingerprint density at radius 2 is 1.58 bits per heavy atom. The fraction of sp³-hybridized carbons (Fsp3) is 0.222. The summed E-state index contributed by atoms with van der Waals surface area (Å²) >= 11 is 0. The largest absolute Gasteiger partial charge is 0.441 e. The van der Waals surface area contributed by atoms with Gasteiger partial charge in [-0.2, -0.15) is 0 Å². The molecule has 0 unspecified atom stereocenters. The standard InChI is InChI=1S/C18H17NO5/c1-11-4-6-12(7-5-11)19-15-9-8-13(22-15)10-14-16(20)23-18(2,3)24-17(14)21/h4-10,19H,1-3H3. The molecule has 0 bridgehead atoms. The second-order valence-electron chi connectivity index (χ2n) is 5.93. The van der Waals surface area contributed by atoms with Crippen LogP contribution in [0.4, 0.5) is 11.6 Å². The minimum atomic E-state index is -1.26. The van der Waals surface area contributed by atoms with E-state index < -0.39 is 17.7 Å². The van der Waals surface area contributed by atoms with Crippen LogP contribution in [-0.2, 0) is 19.1 Å². The molecule has 1 fully saturated rings. The van der Waals surface area contributed by atoms with E-state index in [1.165, 1.54) is 19.9 Å². The van der Waals surface area contributed by atoms with Crippen LogP contribution in [0.3, 0.4) is 0 Å². The lowest BCUT2D eigenvalue weighted by molar-refractivity contribution is -0.222. The summed E-state index contributed by atoms with van der Waals surface area (Å²) in [6.07, 6.45) is 1.31. The minimum absolute atomic E-state index is 0.203. The van der Waals surface area contributed by atoms with E-state index >= 15 is 0 Å². The lowest BCUT2D eigenvalue weighted by Gasteiger charge is -2.29. The lowest BCUT2D eigenvalue weighted by Crippen LogP contribution is -2.41. The second kappa shape index (κ2) is 5.88. The summed E-state index contributed by atoms with van der Waals surface area (Å²) in [7, 11) is 0. The average Bonchev–Trinajstić information content (AvgIpc) is 2.92. The van der Waals surface area contributed by atoms with Crippen molar-refractivity contribution in [2.75, 3.05) is 5.32 Å². The van der Waals surface area contributed by atoms with Crippen LogP contribution >= 0.6 is 0 Å². The number of cyclic esters (lactones) is 2. The molecule has 6 nitrogen and oxygen atoms in total. The number of hydrogen-bond donors (Lipinski definition) is 1. The summed E-state index contributed by atoms with van der Waals surface area (Å²) in [6, 6.07) is 11.1. The van der Waals surface area contributed by atoms with Gasteiger partial charge in [0.1, 0.15) is 11.3 Å². The molecule has 0 aliphatic carbocycles. The number of rotatable bonds is 3. The first kappa shape index (κ1) is 15.9. The molecule has 3 rings (SSSR count). The van der Waals surface area contributed by atoms with Crippen LogP contribution < -0.4 is 5.32 Å². The molecule has 0 radical (unpaired) electrons. The van der Waals surface area contributed by atoms with Gasteiger partial charge in [-0.15, -0.1) is 0 Å². The molecule has 2 aromatic rings. The Morgan fingerprint density at radius 3 is 2.21 bits per heavy atom. The van der Waals surface area contributed by atoms with Crippen molar-refractivity contribution >= 4 is 29.6 Å². The number of carbonyl (C=O) groups is 2. The van der Waals surface area contributed by atoms with Crippen molar-refractivity contribution in [2.24, 2.45) is 0 Å². The molecule has 1 aliphatic heterocycles. The average molecular weight is 327 g/mol. The molecule has 1 N–H and O–H groups in total. The molecule has 0 atom stereocenters. The number of furan rings is 1. The Kier molecular flexibility index (Phi) is 3.89. The first-order chi connectivity index (χ1) is 11.3. The number of nitrogens with one attached hydrogen (secondary N) is 1. The maximum atomic E-state index is 11.9. The van der Waals surface area contributed by atoms with Crippen molar-refractivity contribution < 1.29 is 23.5 Å². The number of carbonyl (C=O) groups excluding carboxylic acids is 2. The van der Waals surface area contributed by atoms with Crippen molar-refractivity contribution in [1.82, 2.24) is 0 Å². The van der Waals surface area contributed by atoms with E-state index in [1.807, 2.05) is 31.2 Å². The van der Waals surface area contributed by atoms with Gasteiger partial charge in [0.25, 0.3) is 5.79 Å². The highest BCUT2D eigenvalue weighted by atomic mass is 16.7. The molecule has 24 heavy (non-hydrogen) atoms. The van der Waals surface area contributed by atoms with Crippen LogP contribution in [0.15, 0.2) is 46.4 Å². The Bertz CT molecular complexity index is 792. The van der Waals surface area contributed by atoms with Crippen LogP contribution in [-0.4, -0.2) is 17.7 Å². The van der Waals surface area contributed by atoms with Gasteiger partial charge < -0.3 is 19.2 Å². The first-order valence-corrected chi connectivity index (χ1v) is 7.44. The normalized spacial score (nSPS) is 16.4. The Balaban J connectivity index is 1.77. The molecule has 1 saturated heterocycles. The number of benzene rings is 1. The van der Waals surface area contributed by atoms with Gasteiger partial charge in [0.05, 0.1) is 0 Å². The predicted octanol–water partition coefficient (Wildman–Crippen LogP) is 3.55. The van der Waals surface area contributed by atoms with E-state index in [0.717, 1.165) is 11.3 Å². The van der Waals surface area contributed by atoms with Gasteiger partial charge in [-0.1, -0.05) is 17.7 Å².